The smallest absolute Gasteiger partial charge is 0.417 e. The lowest BCUT2D eigenvalue weighted by atomic mass is 9.90. The molecule has 0 spiro atoms. The summed E-state index contributed by atoms with van der Waals surface area (Å²) in [6.45, 7) is 2.02. The molecule has 0 saturated heterocycles. The highest BCUT2D eigenvalue weighted by Gasteiger charge is 2.27. The van der Waals surface area contributed by atoms with Gasteiger partial charge in [-0.1, -0.05) is 36.4 Å². The molecule has 0 radical (unpaired) electrons. The molecule has 0 N–H and O–H groups in total. The molecule has 21 heavy (non-hydrogen) atoms. The van der Waals surface area contributed by atoms with Crippen molar-refractivity contribution in [2.45, 2.75) is 12.8 Å². The van der Waals surface area contributed by atoms with Crippen molar-refractivity contribution in [2.24, 2.45) is 0 Å². The van der Waals surface area contributed by atoms with E-state index in [-0.39, 0.29) is 12.5 Å². The zero-order valence-corrected chi connectivity index (χ0v) is 12.0. The fourth-order valence-electron chi connectivity index (χ4n) is 2.12. The number of nitrogens with zero attached hydrogens (tertiary/aromatic N) is 1. The van der Waals surface area contributed by atoms with E-state index in [1.54, 1.807) is 19.2 Å². The average Bonchev–Trinajstić information content (AvgIpc) is 2.54. The number of rotatable bonds is 3. The third-order valence-electron chi connectivity index (χ3n) is 3.11. The Balaban J connectivity index is 2.35. The van der Waals surface area contributed by atoms with Gasteiger partial charge in [0.2, 0.25) is 0 Å². The second-order valence-corrected chi connectivity index (χ2v) is 4.41. The van der Waals surface area contributed by atoms with Crippen LogP contribution in [0.2, 0.25) is 0 Å². The lowest BCUT2D eigenvalue weighted by molar-refractivity contribution is -0.138. The summed E-state index contributed by atoms with van der Waals surface area (Å²) in [7, 11) is 1.29. The van der Waals surface area contributed by atoms with Crippen LogP contribution in [0.15, 0.2) is 54.4 Å². The van der Waals surface area contributed by atoms with E-state index in [1.165, 1.54) is 18.2 Å². The van der Waals surface area contributed by atoms with Crippen LogP contribution in [0, 0.1) is 0 Å². The maximum atomic E-state index is 12.1. The summed E-state index contributed by atoms with van der Waals surface area (Å²) in [4.78, 5) is 25.0. The highest BCUT2D eigenvalue weighted by molar-refractivity contribution is 5.92. The number of methoxy groups -OCH3 is 1. The number of carbonyl (C=O) groups is 2. The number of benzene rings is 1. The number of hydrogen-bond donors (Lipinski definition) is 0. The van der Waals surface area contributed by atoms with Gasteiger partial charge < -0.3 is 9.47 Å². The Morgan fingerprint density at radius 3 is 2.57 bits per heavy atom. The van der Waals surface area contributed by atoms with Gasteiger partial charge in [0.25, 0.3) is 0 Å². The Morgan fingerprint density at radius 2 is 1.95 bits per heavy atom. The van der Waals surface area contributed by atoms with Crippen LogP contribution in [0.5, 0.6) is 0 Å². The molecular formula is C16H17NO4. The van der Waals surface area contributed by atoms with E-state index >= 15 is 0 Å². The molecule has 0 aliphatic carbocycles. The van der Waals surface area contributed by atoms with E-state index in [0.29, 0.717) is 5.57 Å². The average molecular weight is 287 g/mol. The monoisotopic (exact) mass is 287 g/mol. The third-order valence-corrected chi connectivity index (χ3v) is 3.11. The first-order chi connectivity index (χ1) is 10.2. The van der Waals surface area contributed by atoms with Gasteiger partial charge in [0.1, 0.15) is 0 Å². The van der Waals surface area contributed by atoms with Crippen LogP contribution in [-0.4, -0.2) is 30.7 Å². The summed E-state index contributed by atoms with van der Waals surface area (Å²) >= 11 is 0. The van der Waals surface area contributed by atoms with E-state index in [4.69, 9.17) is 4.74 Å². The zero-order valence-electron chi connectivity index (χ0n) is 12.0. The topological polar surface area (TPSA) is 55.8 Å². The van der Waals surface area contributed by atoms with Gasteiger partial charge in [0.05, 0.1) is 19.3 Å². The summed E-state index contributed by atoms with van der Waals surface area (Å²) < 4.78 is 9.73. The van der Waals surface area contributed by atoms with Crippen molar-refractivity contribution in [3.63, 3.8) is 0 Å². The first kappa shape index (κ1) is 14.8. The Labute approximate surface area is 123 Å². The number of esters is 1. The van der Waals surface area contributed by atoms with Crippen molar-refractivity contribution in [1.82, 2.24) is 4.90 Å². The van der Waals surface area contributed by atoms with Gasteiger partial charge >= 0.3 is 12.1 Å². The van der Waals surface area contributed by atoms with Gasteiger partial charge in [-0.2, -0.15) is 0 Å². The van der Waals surface area contributed by atoms with E-state index in [1.807, 2.05) is 30.3 Å². The van der Waals surface area contributed by atoms with Crippen molar-refractivity contribution in [3.05, 3.63) is 59.9 Å². The molecule has 0 saturated carbocycles. The van der Waals surface area contributed by atoms with Gasteiger partial charge in [0, 0.05) is 18.3 Å². The Kier molecular flexibility index (Phi) is 4.77. The Bertz CT molecular complexity index is 577. The van der Waals surface area contributed by atoms with Crippen LogP contribution < -0.4 is 0 Å². The van der Waals surface area contributed by atoms with Crippen LogP contribution in [0.3, 0.4) is 0 Å². The quantitative estimate of drug-likeness (QED) is 0.802. The maximum Gasteiger partial charge on any atom is 0.417 e. The second kappa shape index (κ2) is 6.74. The molecule has 5 nitrogen and oxygen atoms in total. The summed E-state index contributed by atoms with van der Waals surface area (Å²) in [6, 6.07) is 9.56. The predicted molar refractivity (Wildman–Crippen MR) is 77.3 cm³/mol. The Hall–Kier alpha value is -2.56. The van der Waals surface area contributed by atoms with Crippen LogP contribution in [0.4, 0.5) is 4.79 Å². The number of carbonyl (C=O) groups excluding carboxylic acids is 2. The Morgan fingerprint density at radius 1 is 1.24 bits per heavy atom. The van der Waals surface area contributed by atoms with E-state index in [0.717, 1.165) is 5.56 Å². The molecule has 2 rings (SSSR count). The maximum absolute atomic E-state index is 12.1. The highest BCUT2D eigenvalue weighted by Crippen LogP contribution is 2.30. The molecule has 1 aliphatic heterocycles. The predicted octanol–water partition coefficient (Wildman–Crippen LogP) is 2.81. The second-order valence-electron chi connectivity index (χ2n) is 4.41. The molecule has 1 aromatic rings. The van der Waals surface area contributed by atoms with Crippen LogP contribution in [-0.2, 0) is 14.3 Å². The normalized spacial score (nSPS) is 17.1. The molecule has 1 unspecified atom stereocenters. The van der Waals surface area contributed by atoms with Crippen LogP contribution in [0.1, 0.15) is 18.4 Å². The van der Waals surface area contributed by atoms with E-state index < -0.39 is 12.1 Å². The number of amides is 1. The minimum absolute atomic E-state index is 0.244. The van der Waals surface area contributed by atoms with Crippen LogP contribution >= 0.6 is 0 Å². The molecule has 0 bridgehead atoms. The molecule has 5 heteroatoms. The molecule has 1 aromatic carbocycles. The fraction of sp³-hybridized carbons (Fsp3) is 0.250. The van der Waals surface area contributed by atoms with E-state index in [2.05, 4.69) is 4.74 Å². The van der Waals surface area contributed by atoms with Crippen molar-refractivity contribution in [3.8, 4) is 0 Å². The van der Waals surface area contributed by atoms with Crippen molar-refractivity contribution >= 4 is 12.1 Å². The lowest BCUT2D eigenvalue weighted by Gasteiger charge is -2.24. The molecule has 0 aromatic heterocycles. The summed E-state index contributed by atoms with van der Waals surface area (Å²) in [5.41, 5.74) is 1.36. The van der Waals surface area contributed by atoms with Gasteiger partial charge in [-0.15, -0.1) is 0 Å². The van der Waals surface area contributed by atoms with Crippen molar-refractivity contribution in [1.29, 1.82) is 0 Å². The number of allylic oxidation sites excluding steroid dienone is 1. The standard InChI is InChI=1S/C16H17NO4/c1-3-21-15(18)14-11-17(16(19)20-2)10-9-13(14)12-7-5-4-6-8-12/h4-11,13H,3H2,1-2H3. The van der Waals surface area contributed by atoms with Gasteiger partial charge in [-0.05, 0) is 12.5 Å². The van der Waals surface area contributed by atoms with Crippen molar-refractivity contribution < 1.29 is 19.1 Å². The molecular weight excluding hydrogens is 270 g/mol. The minimum atomic E-state index is -0.556. The summed E-state index contributed by atoms with van der Waals surface area (Å²) in [5.74, 6) is -0.684. The largest absolute Gasteiger partial charge is 0.463 e. The van der Waals surface area contributed by atoms with Gasteiger partial charge in [-0.25, -0.2) is 9.59 Å². The molecule has 110 valence electrons. The van der Waals surface area contributed by atoms with Crippen molar-refractivity contribution in [2.75, 3.05) is 13.7 Å². The zero-order chi connectivity index (χ0) is 15.2. The van der Waals surface area contributed by atoms with E-state index in [9.17, 15) is 9.59 Å². The third kappa shape index (κ3) is 3.31. The van der Waals surface area contributed by atoms with Gasteiger partial charge in [-0.3, -0.25) is 4.90 Å². The van der Waals surface area contributed by atoms with Crippen LogP contribution in [0.25, 0.3) is 0 Å². The molecule has 1 heterocycles. The first-order valence-electron chi connectivity index (χ1n) is 6.65. The summed E-state index contributed by atoms with van der Waals surface area (Å²) in [5, 5.41) is 0. The number of hydrogen-bond acceptors (Lipinski definition) is 4. The van der Waals surface area contributed by atoms with Gasteiger partial charge in [0.15, 0.2) is 0 Å². The molecule has 1 atom stereocenters. The fourth-order valence-corrected chi connectivity index (χ4v) is 2.12. The summed E-state index contributed by atoms with van der Waals surface area (Å²) in [6.07, 6.45) is 4.27. The minimum Gasteiger partial charge on any atom is -0.463 e. The SMILES string of the molecule is CCOC(=O)C1=CN(C(=O)OC)C=CC1c1ccccc1. The molecule has 0 fully saturated rings. The highest BCUT2D eigenvalue weighted by atomic mass is 16.5. The first-order valence-corrected chi connectivity index (χ1v) is 6.65. The molecule has 1 amide bonds. The number of ether oxygens (including phenoxy) is 2. The molecule has 1 aliphatic rings. The lowest BCUT2D eigenvalue weighted by Crippen LogP contribution is -2.27.